The summed E-state index contributed by atoms with van der Waals surface area (Å²) >= 11 is 0. The van der Waals surface area contributed by atoms with Gasteiger partial charge in [-0.1, -0.05) is 26.7 Å². The van der Waals surface area contributed by atoms with Gasteiger partial charge in [-0.3, -0.25) is 0 Å². The van der Waals surface area contributed by atoms with Crippen LogP contribution in [0.4, 0.5) is 0 Å². The average molecular weight is 192 g/mol. The van der Waals surface area contributed by atoms with Crippen LogP contribution in [0.3, 0.4) is 0 Å². The third kappa shape index (κ3) is 1.21. The van der Waals surface area contributed by atoms with E-state index in [1.54, 1.807) is 0 Å². The van der Waals surface area contributed by atoms with Gasteiger partial charge in [0.25, 0.3) is 0 Å². The van der Waals surface area contributed by atoms with Crippen LogP contribution >= 0.6 is 0 Å². The van der Waals surface area contributed by atoms with E-state index in [4.69, 9.17) is 11.2 Å². The zero-order chi connectivity index (χ0) is 10.4. The lowest BCUT2D eigenvalue weighted by Crippen LogP contribution is -2.42. The van der Waals surface area contributed by atoms with Gasteiger partial charge in [-0.05, 0) is 36.0 Å². The van der Waals surface area contributed by atoms with Crippen LogP contribution in [-0.4, -0.2) is 12.7 Å². The first-order valence-corrected chi connectivity index (χ1v) is 5.56. The molecule has 0 saturated heterocycles. The van der Waals surface area contributed by atoms with E-state index in [0.717, 1.165) is 5.92 Å². The summed E-state index contributed by atoms with van der Waals surface area (Å²) in [4.78, 5) is 0. The summed E-state index contributed by atoms with van der Waals surface area (Å²) in [6.45, 7) is 7.51. The minimum Gasteiger partial charge on any atom is -0.364 e. The Balaban J connectivity index is 2.18. The Labute approximate surface area is 87.2 Å². The zero-order valence-electron chi connectivity index (χ0n) is 9.47. The van der Waals surface area contributed by atoms with E-state index in [9.17, 15) is 0 Å². The van der Waals surface area contributed by atoms with E-state index in [1.807, 2.05) is 0 Å². The quantitative estimate of drug-likeness (QED) is 0.611. The van der Waals surface area contributed by atoms with Gasteiger partial charge in [0.1, 0.15) is 6.61 Å². The first-order chi connectivity index (χ1) is 6.50. The van der Waals surface area contributed by atoms with Gasteiger partial charge in [-0.15, -0.1) is 6.42 Å². The van der Waals surface area contributed by atoms with E-state index in [2.05, 4.69) is 26.7 Å². The average Bonchev–Trinajstić information content (AvgIpc) is 2.55. The zero-order valence-corrected chi connectivity index (χ0v) is 9.47. The summed E-state index contributed by atoms with van der Waals surface area (Å²) in [5, 5.41) is 0. The van der Waals surface area contributed by atoms with Gasteiger partial charge in [-0.25, -0.2) is 0 Å². The van der Waals surface area contributed by atoms with Crippen LogP contribution in [0.25, 0.3) is 0 Å². The predicted molar refractivity (Wildman–Crippen MR) is 57.8 cm³/mol. The van der Waals surface area contributed by atoms with Crippen LogP contribution in [0, 0.1) is 29.1 Å². The first-order valence-electron chi connectivity index (χ1n) is 5.56. The third-order valence-electron chi connectivity index (χ3n) is 4.47. The standard InChI is InChI=1S/C13H20O/c1-5-8-14-11-12(2,3)10-6-7-13(11,4)9-10/h1,10-11H,6-9H2,2-4H3. The van der Waals surface area contributed by atoms with Crippen molar-refractivity contribution in [3.8, 4) is 12.3 Å². The fourth-order valence-electron chi connectivity index (χ4n) is 3.80. The molecule has 1 heteroatoms. The molecule has 0 aliphatic heterocycles. The molecule has 2 rings (SSSR count). The Morgan fingerprint density at radius 3 is 2.64 bits per heavy atom. The van der Waals surface area contributed by atoms with Crippen molar-refractivity contribution in [2.75, 3.05) is 6.61 Å². The molecule has 0 radical (unpaired) electrons. The molecule has 0 aromatic rings. The number of terminal acetylenes is 1. The SMILES string of the molecule is C#CCOC1C2(C)CCC(C2)C1(C)C. The summed E-state index contributed by atoms with van der Waals surface area (Å²) in [5.74, 6) is 3.43. The lowest BCUT2D eigenvalue weighted by atomic mass is 9.70. The van der Waals surface area contributed by atoms with Gasteiger partial charge >= 0.3 is 0 Å². The predicted octanol–water partition coefficient (Wildman–Crippen LogP) is 2.85. The largest absolute Gasteiger partial charge is 0.364 e. The summed E-state index contributed by atoms with van der Waals surface area (Å²) in [5.41, 5.74) is 0.717. The smallest absolute Gasteiger partial charge is 0.107 e. The molecular formula is C13H20O. The number of fused-ring (bicyclic) bond motifs is 2. The maximum atomic E-state index is 5.87. The van der Waals surface area contributed by atoms with E-state index >= 15 is 0 Å². The maximum absolute atomic E-state index is 5.87. The molecule has 1 nitrogen and oxygen atoms in total. The lowest BCUT2D eigenvalue weighted by Gasteiger charge is -2.41. The molecule has 0 N–H and O–H groups in total. The van der Waals surface area contributed by atoms with Gasteiger partial charge in [0.05, 0.1) is 6.10 Å². The molecule has 0 aromatic carbocycles. The van der Waals surface area contributed by atoms with Crippen LogP contribution in [0.15, 0.2) is 0 Å². The minimum atomic E-state index is 0.323. The fraction of sp³-hybridized carbons (Fsp3) is 0.846. The molecule has 78 valence electrons. The highest BCUT2D eigenvalue weighted by atomic mass is 16.5. The Morgan fingerprint density at radius 1 is 1.43 bits per heavy atom. The Kier molecular flexibility index (Phi) is 2.16. The van der Waals surface area contributed by atoms with Crippen molar-refractivity contribution in [3.63, 3.8) is 0 Å². The molecule has 2 fully saturated rings. The van der Waals surface area contributed by atoms with E-state index in [0.29, 0.717) is 23.5 Å². The second-order valence-electron chi connectivity index (χ2n) is 5.81. The molecule has 2 aliphatic carbocycles. The van der Waals surface area contributed by atoms with Crippen molar-refractivity contribution < 1.29 is 4.74 Å². The van der Waals surface area contributed by atoms with Gasteiger partial charge in [0.2, 0.25) is 0 Å². The first kappa shape index (κ1) is 10.1. The Morgan fingerprint density at radius 2 is 2.14 bits per heavy atom. The third-order valence-corrected chi connectivity index (χ3v) is 4.47. The monoisotopic (exact) mass is 192 g/mol. The second kappa shape index (κ2) is 3.00. The van der Waals surface area contributed by atoms with Crippen molar-refractivity contribution in [2.24, 2.45) is 16.7 Å². The molecule has 2 saturated carbocycles. The van der Waals surface area contributed by atoms with Crippen LogP contribution in [0.2, 0.25) is 0 Å². The fourth-order valence-corrected chi connectivity index (χ4v) is 3.80. The van der Waals surface area contributed by atoms with Gasteiger partial charge in [-0.2, -0.15) is 0 Å². The number of rotatable bonds is 2. The molecule has 3 atom stereocenters. The Bertz CT molecular complexity index is 269. The van der Waals surface area contributed by atoms with Gasteiger partial charge in [0.15, 0.2) is 0 Å². The normalized spacial score (nSPS) is 43.9. The molecule has 0 spiro atoms. The number of hydrogen-bond donors (Lipinski definition) is 0. The highest BCUT2D eigenvalue weighted by Gasteiger charge is 2.59. The summed E-state index contributed by atoms with van der Waals surface area (Å²) in [7, 11) is 0. The van der Waals surface area contributed by atoms with Crippen molar-refractivity contribution in [2.45, 2.75) is 46.1 Å². The molecule has 0 amide bonds. The number of ether oxygens (including phenoxy) is 1. The molecule has 0 heterocycles. The summed E-state index contributed by atoms with van der Waals surface area (Å²) in [6.07, 6.45) is 9.65. The Hall–Kier alpha value is -0.480. The highest BCUT2D eigenvalue weighted by Crippen LogP contribution is 2.63. The topological polar surface area (TPSA) is 9.23 Å². The van der Waals surface area contributed by atoms with Crippen LogP contribution in [-0.2, 0) is 4.74 Å². The molecule has 3 unspecified atom stereocenters. The van der Waals surface area contributed by atoms with Crippen molar-refractivity contribution in [1.82, 2.24) is 0 Å². The van der Waals surface area contributed by atoms with Gasteiger partial charge in [0, 0.05) is 0 Å². The van der Waals surface area contributed by atoms with E-state index in [-0.39, 0.29) is 0 Å². The summed E-state index contributed by atoms with van der Waals surface area (Å²) < 4.78 is 5.87. The van der Waals surface area contributed by atoms with Crippen molar-refractivity contribution in [3.05, 3.63) is 0 Å². The molecule has 2 aliphatic rings. The van der Waals surface area contributed by atoms with E-state index < -0.39 is 0 Å². The van der Waals surface area contributed by atoms with E-state index in [1.165, 1.54) is 19.3 Å². The molecule has 0 aromatic heterocycles. The molecule has 14 heavy (non-hydrogen) atoms. The highest BCUT2D eigenvalue weighted by molar-refractivity contribution is 5.09. The van der Waals surface area contributed by atoms with Crippen molar-refractivity contribution >= 4 is 0 Å². The van der Waals surface area contributed by atoms with Gasteiger partial charge < -0.3 is 4.74 Å². The minimum absolute atomic E-state index is 0.323. The van der Waals surface area contributed by atoms with Crippen LogP contribution < -0.4 is 0 Å². The van der Waals surface area contributed by atoms with Crippen LogP contribution in [0.5, 0.6) is 0 Å². The second-order valence-corrected chi connectivity index (χ2v) is 5.81. The summed E-state index contributed by atoms with van der Waals surface area (Å²) in [6, 6.07) is 0. The molecular weight excluding hydrogens is 172 g/mol. The lowest BCUT2D eigenvalue weighted by molar-refractivity contribution is -0.0768. The van der Waals surface area contributed by atoms with Crippen molar-refractivity contribution in [1.29, 1.82) is 0 Å². The number of hydrogen-bond acceptors (Lipinski definition) is 1. The van der Waals surface area contributed by atoms with Crippen LogP contribution in [0.1, 0.15) is 40.0 Å². The molecule has 2 bridgehead atoms. The maximum Gasteiger partial charge on any atom is 0.107 e.